The second kappa shape index (κ2) is 7.90. The molecule has 0 unspecified atom stereocenters. The number of carbonyl (C=O) groups is 2. The number of Topliss-reactive ketones (excluding diaryl/α,β-unsaturated/α-hetero) is 1. The molecule has 1 fully saturated rings. The second-order valence-corrected chi connectivity index (χ2v) is 6.07. The molecule has 2 aromatic rings. The molecule has 1 aliphatic rings. The highest BCUT2D eigenvalue weighted by molar-refractivity contribution is 5.95. The molecule has 0 atom stereocenters. The van der Waals surface area contributed by atoms with Gasteiger partial charge in [-0.1, -0.05) is 12.1 Å². The van der Waals surface area contributed by atoms with Crippen molar-refractivity contribution >= 4 is 28.9 Å². The highest BCUT2D eigenvalue weighted by Crippen LogP contribution is 2.20. The SMILES string of the molecule is CC(=O)c1cccc(Nc2ccc(NC(=O)C3CCOCC3)cn2)c1. The third-order valence-electron chi connectivity index (χ3n) is 4.16. The smallest absolute Gasteiger partial charge is 0.227 e. The van der Waals surface area contributed by atoms with E-state index >= 15 is 0 Å². The number of hydrogen-bond donors (Lipinski definition) is 2. The highest BCUT2D eigenvalue weighted by Gasteiger charge is 2.21. The van der Waals surface area contributed by atoms with E-state index in [4.69, 9.17) is 4.74 Å². The van der Waals surface area contributed by atoms with Crippen molar-refractivity contribution in [2.75, 3.05) is 23.8 Å². The van der Waals surface area contributed by atoms with E-state index in [0.717, 1.165) is 18.5 Å². The zero-order valence-electron chi connectivity index (χ0n) is 14.1. The number of rotatable bonds is 5. The minimum atomic E-state index is 0.000808. The van der Waals surface area contributed by atoms with E-state index in [0.29, 0.717) is 30.3 Å². The molecule has 1 aliphatic heterocycles. The molecule has 2 heterocycles. The van der Waals surface area contributed by atoms with Crippen molar-refractivity contribution in [2.24, 2.45) is 5.92 Å². The van der Waals surface area contributed by atoms with Gasteiger partial charge in [-0.2, -0.15) is 0 Å². The van der Waals surface area contributed by atoms with Gasteiger partial charge in [0.1, 0.15) is 5.82 Å². The number of nitrogens with one attached hydrogen (secondary N) is 2. The van der Waals surface area contributed by atoms with E-state index in [1.165, 1.54) is 6.92 Å². The topological polar surface area (TPSA) is 80.3 Å². The monoisotopic (exact) mass is 339 g/mol. The molecule has 1 saturated heterocycles. The molecule has 0 spiro atoms. The molecular weight excluding hydrogens is 318 g/mol. The standard InChI is InChI=1S/C19H21N3O3/c1-13(23)15-3-2-4-16(11-15)21-18-6-5-17(12-20-18)22-19(24)14-7-9-25-10-8-14/h2-6,11-12,14H,7-10H2,1H3,(H,20,21)(H,22,24). The number of benzene rings is 1. The van der Waals surface area contributed by atoms with Crippen LogP contribution < -0.4 is 10.6 Å². The Hall–Kier alpha value is -2.73. The maximum atomic E-state index is 12.2. The van der Waals surface area contributed by atoms with Crippen LogP contribution in [-0.2, 0) is 9.53 Å². The van der Waals surface area contributed by atoms with Crippen molar-refractivity contribution in [2.45, 2.75) is 19.8 Å². The molecule has 25 heavy (non-hydrogen) atoms. The van der Waals surface area contributed by atoms with E-state index in [1.807, 2.05) is 12.1 Å². The Bertz CT molecular complexity index is 753. The van der Waals surface area contributed by atoms with Crippen LogP contribution in [0.3, 0.4) is 0 Å². The number of nitrogens with zero attached hydrogens (tertiary/aromatic N) is 1. The van der Waals surface area contributed by atoms with E-state index < -0.39 is 0 Å². The molecule has 130 valence electrons. The molecular formula is C19H21N3O3. The third-order valence-corrected chi connectivity index (χ3v) is 4.16. The van der Waals surface area contributed by atoms with Crippen molar-refractivity contribution in [3.8, 4) is 0 Å². The maximum Gasteiger partial charge on any atom is 0.227 e. The Morgan fingerprint density at radius 3 is 2.60 bits per heavy atom. The number of ketones is 1. The number of ether oxygens (including phenoxy) is 1. The summed E-state index contributed by atoms with van der Waals surface area (Å²) in [6.45, 7) is 2.81. The van der Waals surface area contributed by atoms with Gasteiger partial charge in [-0.15, -0.1) is 0 Å². The van der Waals surface area contributed by atoms with Crippen molar-refractivity contribution in [1.82, 2.24) is 4.98 Å². The molecule has 0 aliphatic carbocycles. The zero-order valence-corrected chi connectivity index (χ0v) is 14.1. The van der Waals surface area contributed by atoms with Crippen LogP contribution in [0.25, 0.3) is 0 Å². The summed E-state index contributed by atoms with van der Waals surface area (Å²) in [5, 5.41) is 6.05. The molecule has 0 radical (unpaired) electrons. The van der Waals surface area contributed by atoms with Gasteiger partial charge in [0.25, 0.3) is 0 Å². The first-order valence-electron chi connectivity index (χ1n) is 8.34. The summed E-state index contributed by atoms with van der Waals surface area (Å²) in [6.07, 6.45) is 3.13. The Morgan fingerprint density at radius 2 is 1.92 bits per heavy atom. The van der Waals surface area contributed by atoms with E-state index in [1.54, 1.807) is 30.5 Å². The van der Waals surface area contributed by atoms with Crippen LogP contribution in [0.15, 0.2) is 42.6 Å². The summed E-state index contributed by atoms with van der Waals surface area (Å²) in [6, 6.07) is 10.8. The van der Waals surface area contributed by atoms with Crippen LogP contribution in [0.1, 0.15) is 30.1 Å². The highest BCUT2D eigenvalue weighted by atomic mass is 16.5. The predicted molar refractivity (Wildman–Crippen MR) is 96.1 cm³/mol. The lowest BCUT2D eigenvalue weighted by Crippen LogP contribution is -2.28. The van der Waals surface area contributed by atoms with Gasteiger partial charge in [0.15, 0.2) is 5.78 Å². The molecule has 3 rings (SSSR count). The predicted octanol–water partition coefficient (Wildman–Crippen LogP) is 3.39. The fourth-order valence-electron chi connectivity index (χ4n) is 2.71. The van der Waals surface area contributed by atoms with E-state index in [-0.39, 0.29) is 17.6 Å². The van der Waals surface area contributed by atoms with E-state index in [2.05, 4.69) is 15.6 Å². The Labute approximate surface area is 146 Å². The minimum Gasteiger partial charge on any atom is -0.381 e. The lowest BCUT2D eigenvalue weighted by molar-refractivity contribution is -0.122. The van der Waals surface area contributed by atoms with Gasteiger partial charge in [-0.3, -0.25) is 9.59 Å². The van der Waals surface area contributed by atoms with Crippen LogP contribution in [0, 0.1) is 5.92 Å². The molecule has 1 amide bonds. The third kappa shape index (κ3) is 4.64. The van der Waals surface area contributed by atoms with Crippen molar-refractivity contribution in [1.29, 1.82) is 0 Å². The Kier molecular flexibility index (Phi) is 5.40. The van der Waals surface area contributed by atoms with Crippen molar-refractivity contribution in [3.63, 3.8) is 0 Å². The number of aromatic nitrogens is 1. The fraction of sp³-hybridized carbons (Fsp3) is 0.316. The van der Waals surface area contributed by atoms with Gasteiger partial charge in [-0.05, 0) is 44.0 Å². The first-order valence-corrected chi connectivity index (χ1v) is 8.34. The lowest BCUT2D eigenvalue weighted by Gasteiger charge is -2.21. The molecule has 6 heteroatoms. The summed E-state index contributed by atoms with van der Waals surface area (Å²) in [5.74, 6) is 0.674. The normalized spacial score (nSPS) is 14.8. The van der Waals surface area contributed by atoms with Crippen LogP contribution in [0.2, 0.25) is 0 Å². The number of pyridine rings is 1. The number of hydrogen-bond acceptors (Lipinski definition) is 5. The maximum absolute atomic E-state index is 12.2. The summed E-state index contributed by atoms with van der Waals surface area (Å²) >= 11 is 0. The average Bonchev–Trinajstić information content (AvgIpc) is 2.64. The Balaban J connectivity index is 1.61. The van der Waals surface area contributed by atoms with Crippen LogP contribution in [0.4, 0.5) is 17.2 Å². The summed E-state index contributed by atoms with van der Waals surface area (Å²) < 4.78 is 5.27. The zero-order chi connectivity index (χ0) is 17.6. The summed E-state index contributed by atoms with van der Waals surface area (Å²) in [4.78, 5) is 28.0. The van der Waals surface area contributed by atoms with Gasteiger partial charge in [0.2, 0.25) is 5.91 Å². The average molecular weight is 339 g/mol. The van der Waals surface area contributed by atoms with Gasteiger partial charge >= 0.3 is 0 Å². The molecule has 2 N–H and O–H groups in total. The molecule has 1 aromatic heterocycles. The van der Waals surface area contributed by atoms with Gasteiger partial charge in [0, 0.05) is 30.4 Å². The van der Waals surface area contributed by atoms with Gasteiger partial charge in [0.05, 0.1) is 11.9 Å². The van der Waals surface area contributed by atoms with Gasteiger partial charge in [-0.25, -0.2) is 4.98 Å². The van der Waals surface area contributed by atoms with Crippen LogP contribution in [-0.4, -0.2) is 29.9 Å². The number of anilines is 3. The molecule has 0 saturated carbocycles. The van der Waals surface area contributed by atoms with Crippen molar-refractivity contribution < 1.29 is 14.3 Å². The van der Waals surface area contributed by atoms with Crippen LogP contribution >= 0.6 is 0 Å². The molecule has 0 bridgehead atoms. The largest absolute Gasteiger partial charge is 0.381 e. The quantitative estimate of drug-likeness (QED) is 0.816. The first kappa shape index (κ1) is 17.1. The fourth-order valence-corrected chi connectivity index (χ4v) is 2.71. The molecule has 6 nitrogen and oxygen atoms in total. The molecule has 1 aromatic carbocycles. The number of carbonyl (C=O) groups excluding carboxylic acids is 2. The second-order valence-electron chi connectivity index (χ2n) is 6.07. The minimum absolute atomic E-state index is 0.000808. The van der Waals surface area contributed by atoms with Crippen molar-refractivity contribution in [3.05, 3.63) is 48.2 Å². The number of amides is 1. The Morgan fingerprint density at radius 1 is 1.12 bits per heavy atom. The summed E-state index contributed by atoms with van der Waals surface area (Å²) in [7, 11) is 0. The van der Waals surface area contributed by atoms with E-state index in [9.17, 15) is 9.59 Å². The summed E-state index contributed by atoms with van der Waals surface area (Å²) in [5.41, 5.74) is 2.10. The van der Waals surface area contributed by atoms with Gasteiger partial charge < -0.3 is 15.4 Å². The first-order chi connectivity index (χ1) is 12.1. The van der Waals surface area contributed by atoms with Crippen LogP contribution in [0.5, 0.6) is 0 Å². The lowest BCUT2D eigenvalue weighted by atomic mass is 9.99.